The van der Waals surface area contributed by atoms with Gasteiger partial charge in [0.05, 0.1) is 39.4 Å². The molecule has 10 rings (SSSR count). The van der Waals surface area contributed by atoms with Gasteiger partial charge < -0.3 is 80.5 Å². The van der Waals surface area contributed by atoms with Crippen molar-refractivity contribution in [2.75, 3.05) is 48.6 Å². The van der Waals surface area contributed by atoms with Gasteiger partial charge in [-0.05, 0) is 77.0 Å². The van der Waals surface area contributed by atoms with E-state index in [4.69, 9.17) is 50.7 Å². The third-order valence-electron chi connectivity index (χ3n) is 10.5. The Morgan fingerprint density at radius 3 is 1.91 bits per heavy atom. The first-order valence-corrected chi connectivity index (χ1v) is 17.5. The van der Waals surface area contributed by atoms with Crippen molar-refractivity contribution in [2.24, 2.45) is 0 Å². The molecule has 0 fully saturated rings. The second-order valence-electron chi connectivity index (χ2n) is 13.0. The summed E-state index contributed by atoms with van der Waals surface area (Å²) in [5.74, 6) is 9.13. The van der Waals surface area contributed by atoms with Gasteiger partial charge in [0, 0.05) is 35.9 Å². The molecule has 1 aromatic heterocycles. The maximum atomic E-state index is 5.99. The molecule has 0 aliphatic carbocycles. The Labute approximate surface area is 368 Å². The molecule has 13 heteroatoms. The second-order valence-corrected chi connectivity index (χ2v) is 13.0. The molecule has 0 N–H and O–H groups in total. The quantitative estimate of drug-likeness (QED) is 0.114. The van der Waals surface area contributed by atoms with Crippen LogP contribution in [0.2, 0.25) is 0 Å². The summed E-state index contributed by atoms with van der Waals surface area (Å²) in [6, 6.07) is 18.3. The fourth-order valence-electron chi connectivity index (χ4n) is 7.99. The Kier molecular flexibility index (Phi) is 14.8. The van der Waals surface area contributed by atoms with Crippen molar-refractivity contribution < 1.29 is 67.3 Å². The van der Waals surface area contributed by atoms with E-state index in [1.807, 2.05) is 18.2 Å². The number of nitrogens with zero attached hydrogens (tertiary/aromatic N) is 2. The Morgan fingerprint density at radius 2 is 1.31 bits per heavy atom. The minimum absolute atomic E-state index is 0. The van der Waals surface area contributed by atoms with Crippen LogP contribution in [0.4, 0.5) is 0 Å². The van der Waals surface area contributed by atoms with E-state index in [1.54, 1.807) is 28.4 Å². The predicted octanol–water partition coefficient (Wildman–Crippen LogP) is 1.04. The van der Waals surface area contributed by atoms with E-state index in [9.17, 15) is 0 Å². The van der Waals surface area contributed by atoms with Gasteiger partial charge in [0.2, 0.25) is 19.3 Å². The molecule has 1 unspecified atom stereocenters. The van der Waals surface area contributed by atoms with Crippen molar-refractivity contribution in [3.8, 4) is 76.0 Å². The van der Waals surface area contributed by atoms with Crippen molar-refractivity contribution in [1.29, 1.82) is 0 Å². The number of benzene rings is 4. The summed E-state index contributed by atoms with van der Waals surface area (Å²) < 4.78 is 46.6. The number of aryl methyl sites for hydroxylation is 2. The van der Waals surface area contributed by atoms with Gasteiger partial charge in [-0.2, -0.15) is 4.57 Å². The Morgan fingerprint density at radius 1 is 0.741 bits per heavy atom. The van der Waals surface area contributed by atoms with Gasteiger partial charge in [0.25, 0.3) is 0 Å². The van der Waals surface area contributed by atoms with Crippen molar-refractivity contribution in [3.63, 3.8) is 0 Å². The molecule has 0 amide bonds. The average Bonchev–Trinajstić information content (AvgIpc) is 3.89. The van der Waals surface area contributed by atoms with E-state index in [-0.39, 0.29) is 68.1 Å². The third-order valence-corrected chi connectivity index (χ3v) is 10.5. The monoisotopic (exact) mass is 832 g/mol. The Hall–Kier alpha value is -5.30. The van der Waals surface area contributed by atoms with Gasteiger partial charge >= 0.3 is 23.1 Å². The number of fused-ring (bicyclic) bond motifs is 10. The summed E-state index contributed by atoms with van der Waals surface area (Å²) in [4.78, 5) is 2.26. The average molecular weight is 834 g/mol. The Bertz CT molecular complexity index is 2430. The van der Waals surface area contributed by atoms with Gasteiger partial charge in [-0.25, -0.2) is 0 Å². The number of hydrogen-bond acceptors (Lipinski definition) is 9. The molecule has 5 aromatic rings. The molecule has 0 saturated carbocycles. The summed E-state index contributed by atoms with van der Waals surface area (Å²) in [5.41, 5.74) is 9.21. The van der Waals surface area contributed by atoms with Crippen molar-refractivity contribution in [1.82, 2.24) is 4.90 Å². The number of halogens is 2. The fourth-order valence-corrected chi connectivity index (χ4v) is 7.99. The Balaban J connectivity index is 0.000000231. The van der Waals surface area contributed by atoms with Crippen LogP contribution in [-0.4, -0.2) is 76.5 Å². The van der Waals surface area contributed by atoms with Gasteiger partial charge in [-0.3, -0.25) is 0 Å². The topological polar surface area (TPSA) is 81.0 Å². The zero-order valence-corrected chi connectivity index (χ0v) is 34.9. The molecule has 1 atom stereocenters. The smallest absolute Gasteiger partial charge is 1.00 e. The van der Waals surface area contributed by atoms with Crippen LogP contribution in [0.15, 0.2) is 60.8 Å². The standard InChI is InChI=1S/C22H19NO4.C20H18NO4.C2H.CH4.2ClH.Mg/c1-4-16-21-14(5-6-18(24-2)22(21)25-3)9-17-15-11-20-19(26-12-27-20)10-13(15)7-8-23(16)17;1-22-17-4-3-12-7-16-14-9-19-18(24-11-25-19)8-13(14)5-6-21(16)10-15(12)20(17)23-2;1-2;;;;/h1,5-6,9-11,16H,7-8,12H2,2-3H3;3-4,7-10H,5-6,11H2,1-2H3;1H;1H4;2*1H;/q;+1;-1;;;;+2/p-2. The van der Waals surface area contributed by atoms with Crippen LogP contribution in [0.1, 0.15) is 41.3 Å². The molecule has 4 aromatic carbocycles. The van der Waals surface area contributed by atoms with Crippen LogP contribution in [0.25, 0.3) is 33.8 Å². The summed E-state index contributed by atoms with van der Waals surface area (Å²) >= 11 is 0. The molecule has 0 spiro atoms. The third kappa shape index (κ3) is 7.56. The maximum absolute atomic E-state index is 5.99. The molecule has 0 bridgehead atoms. The largest absolute Gasteiger partial charge is 2.00 e. The molecular weight excluding hydrogens is 792 g/mol. The normalized spacial score (nSPS) is 14.8. The van der Waals surface area contributed by atoms with E-state index >= 15 is 0 Å². The fraction of sp³-hybridized carbons (Fsp3) is 0.267. The number of terminal acetylenes is 2. The van der Waals surface area contributed by atoms with E-state index in [0.717, 1.165) is 93.6 Å². The molecule has 0 radical (unpaired) electrons. The summed E-state index contributed by atoms with van der Waals surface area (Å²) in [6.45, 7) is 2.31. The van der Waals surface area contributed by atoms with Gasteiger partial charge in [0.1, 0.15) is 6.04 Å². The predicted molar refractivity (Wildman–Crippen MR) is 215 cm³/mol. The number of rotatable bonds is 4. The zero-order chi connectivity index (χ0) is 37.5. The minimum Gasteiger partial charge on any atom is -1.00 e. The van der Waals surface area contributed by atoms with Gasteiger partial charge in [0.15, 0.2) is 58.7 Å². The molecule has 10 nitrogen and oxygen atoms in total. The first-order chi connectivity index (χ1) is 26.5. The van der Waals surface area contributed by atoms with E-state index in [1.165, 1.54) is 22.4 Å². The number of ether oxygens (including phenoxy) is 8. The van der Waals surface area contributed by atoms with Crippen LogP contribution >= 0.6 is 0 Å². The summed E-state index contributed by atoms with van der Waals surface area (Å²) in [7, 11) is 6.63. The molecule has 296 valence electrons. The van der Waals surface area contributed by atoms with Crippen LogP contribution in [0, 0.1) is 25.2 Å². The van der Waals surface area contributed by atoms with Gasteiger partial charge in [-0.1, -0.05) is 19.4 Å². The number of methoxy groups -OCH3 is 4. The van der Waals surface area contributed by atoms with E-state index in [2.05, 4.69) is 70.5 Å². The zero-order valence-electron chi connectivity index (χ0n) is 31.9. The number of aromatic nitrogens is 1. The first-order valence-electron chi connectivity index (χ1n) is 17.5. The van der Waals surface area contributed by atoms with Crippen molar-refractivity contribution in [2.45, 2.75) is 32.9 Å². The molecule has 58 heavy (non-hydrogen) atoms. The van der Waals surface area contributed by atoms with Crippen molar-refractivity contribution >= 4 is 45.6 Å². The van der Waals surface area contributed by atoms with Crippen LogP contribution < -0.4 is 67.3 Å². The van der Waals surface area contributed by atoms with Crippen molar-refractivity contribution in [3.05, 3.63) is 95.0 Å². The molecule has 5 aliphatic rings. The van der Waals surface area contributed by atoms with Crippen LogP contribution in [0.5, 0.6) is 46.0 Å². The first kappa shape index (κ1) is 45.4. The molecule has 5 aliphatic heterocycles. The SMILES string of the molecule is C.C#CC1c2c(ccc(OC)c2OC)C=C2c3cc4c(cc3CCN21)OCO4.COc1ccc2cc3[n+](cc2c1OC)CCc1cc2c(cc1-3)OCO2.[C-]#C.[Cl-].[Cl-].[Mg+2]. The molecular formula is C45H42Cl2MgN2O8. The van der Waals surface area contributed by atoms with Crippen LogP contribution in [-0.2, 0) is 19.4 Å². The second kappa shape index (κ2) is 19.0. The van der Waals surface area contributed by atoms with E-state index < -0.39 is 0 Å². The minimum atomic E-state index is -0.219. The van der Waals surface area contributed by atoms with Crippen LogP contribution in [0.3, 0.4) is 0 Å². The number of pyridine rings is 1. The van der Waals surface area contributed by atoms with Gasteiger partial charge in [-0.15, -0.1) is 6.42 Å². The summed E-state index contributed by atoms with van der Waals surface area (Å²) in [6.07, 6.45) is 21.2. The number of hydrogen-bond donors (Lipinski definition) is 0. The molecule has 0 saturated heterocycles. The summed E-state index contributed by atoms with van der Waals surface area (Å²) in [5, 5.41) is 2.17. The van der Waals surface area contributed by atoms with E-state index in [0.29, 0.717) is 18.3 Å². The molecule has 6 heterocycles. The maximum Gasteiger partial charge on any atom is 2.00 e.